The lowest BCUT2D eigenvalue weighted by Crippen LogP contribution is -2.34. The SMILES string of the molecule is Cc1ccc([C@H](NC(=O)Cn2ccccc2=O)c2ccccc2)cc1. The number of hydrogen-bond donors (Lipinski definition) is 1. The number of aryl methyl sites for hydroxylation is 1. The Labute approximate surface area is 146 Å². The molecule has 25 heavy (non-hydrogen) atoms. The zero-order chi connectivity index (χ0) is 17.6. The van der Waals surface area contributed by atoms with E-state index in [1.807, 2.05) is 61.5 Å². The van der Waals surface area contributed by atoms with Crippen molar-refractivity contribution in [3.63, 3.8) is 0 Å². The summed E-state index contributed by atoms with van der Waals surface area (Å²) in [6, 6.07) is 22.5. The minimum absolute atomic E-state index is 0.00509. The molecule has 2 aromatic carbocycles. The Hall–Kier alpha value is -3.14. The number of carbonyl (C=O) groups excluding carboxylic acids is 1. The molecule has 0 saturated carbocycles. The number of aromatic nitrogens is 1. The lowest BCUT2D eigenvalue weighted by atomic mass is 9.98. The van der Waals surface area contributed by atoms with E-state index in [1.54, 1.807) is 18.3 Å². The van der Waals surface area contributed by atoms with Gasteiger partial charge in [-0.1, -0.05) is 66.2 Å². The third kappa shape index (κ3) is 4.23. The van der Waals surface area contributed by atoms with Gasteiger partial charge < -0.3 is 9.88 Å². The van der Waals surface area contributed by atoms with Crippen LogP contribution in [-0.2, 0) is 11.3 Å². The minimum atomic E-state index is -0.256. The predicted octanol–water partition coefficient (Wildman–Crippen LogP) is 3.06. The fourth-order valence-corrected chi connectivity index (χ4v) is 2.72. The fourth-order valence-electron chi connectivity index (χ4n) is 2.72. The van der Waals surface area contributed by atoms with Crippen LogP contribution in [0.25, 0.3) is 0 Å². The zero-order valence-corrected chi connectivity index (χ0v) is 14.1. The molecule has 0 saturated heterocycles. The quantitative estimate of drug-likeness (QED) is 0.781. The van der Waals surface area contributed by atoms with Crippen LogP contribution < -0.4 is 10.9 Å². The molecule has 1 N–H and O–H groups in total. The number of rotatable bonds is 5. The van der Waals surface area contributed by atoms with Crippen LogP contribution in [0.2, 0.25) is 0 Å². The van der Waals surface area contributed by atoms with Crippen molar-refractivity contribution < 1.29 is 4.79 Å². The molecule has 4 nitrogen and oxygen atoms in total. The summed E-state index contributed by atoms with van der Waals surface area (Å²) >= 11 is 0. The van der Waals surface area contributed by atoms with Crippen LogP contribution in [0.4, 0.5) is 0 Å². The summed E-state index contributed by atoms with van der Waals surface area (Å²) in [5, 5.41) is 3.05. The third-order valence-electron chi connectivity index (χ3n) is 4.06. The van der Waals surface area contributed by atoms with Crippen molar-refractivity contribution >= 4 is 5.91 Å². The summed E-state index contributed by atoms with van der Waals surface area (Å²) < 4.78 is 1.40. The van der Waals surface area contributed by atoms with Crippen LogP contribution in [0.1, 0.15) is 22.7 Å². The average molecular weight is 332 g/mol. The standard InChI is InChI=1S/C21H20N2O2/c1-16-10-12-18(13-11-16)21(17-7-3-2-4-8-17)22-19(24)15-23-14-6-5-9-20(23)25/h2-14,21H,15H2,1H3,(H,22,24)/t21-/m1/s1. The van der Waals surface area contributed by atoms with Gasteiger partial charge in [-0.25, -0.2) is 0 Å². The van der Waals surface area contributed by atoms with Gasteiger partial charge in [-0.3, -0.25) is 9.59 Å². The molecule has 0 fully saturated rings. The van der Waals surface area contributed by atoms with E-state index in [4.69, 9.17) is 0 Å². The van der Waals surface area contributed by atoms with E-state index in [9.17, 15) is 9.59 Å². The lowest BCUT2D eigenvalue weighted by Gasteiger charge is -2.20. The summed E-state index contributed by atoms with van der Waals surface area (Å²) in [5.74, 6) is -0.206. The van der Waals surface area contributed by atoms with E-state index in [0.717, 1.165) is 16.7 Å². The number of benzene rings is 2. The fraction of sp³-hybridized carbons (Fsp3) is 0.143. The molecule has 0 aliphatic heterocycles. The summed E-state index contributed by atoms with van der Waals surface area (Å²) in [7, 11) is 0. The maximum Gasteiger partial charge on any atom is 0.250 e. The molecule has 126 valence electrons. The molecule has 0 aliphatic carbocycles. The number of hydrogen-bond acceptors (Lipinski definition) is 2. The van der Waals surface area contributed by atoms with Crippen molar-refractivity contribution in [3.8, 4) is 0 Å². The van der Waals surface area contributed by atoms with Gasteiger partial charge in [-0.2, -0.15) is 0 Å². The van der Waals surface area contributed by atoms with Crippen molar-refractivity contribution in [2.75, 3.05) is 0 Å². The van der Waals surface area contributed by atoms with E-state index >= 15 is 0 Å². The summed E-state index contributed by atoms with van der Waals surface area (Å²) in [6.45, 7) is 2.02. The van der Waals surface area contributed by atoms with E-state index in [1.165, 1.54) is 10.6 Å². The van der Waals surface area contributed by atoms with Crippen molar-refractivity contribution in [3.05, 3.63) is 106 Å². The molecule has 3 aromatic rings. The molecule has 1 atom stereocenters. The normalized spacial score (nSPS) is 11.7. The Morgan fingerprint density at radius 3 is 2.24 bits per heavy atom. The Bertz CT molecular complexity index is 899. The van der Waals surface area contributed by atoms with Gasteiger partial charge in [0.1, 0.15) is 6.54 Å². The first-order chi connectivity index (χ1) is 12.1. The third-order valence-corrected chi connectivity index (χ3v) is 4.06. The Balaban J connectivity index is 1.85. The first-order valence-electron chi connectivity index (χ1n) is 8.20. The Morgan fingerprint density at radius 2 is 1.56 bits per heavy atom. The van der Waals surface area contributed by atoms with E-state index in [2.05, 4.69) is 5.32 Å². The highest BCUT2D eigenvalue weighted by atomic mass is 16.2. The first kappa shape index (κ1) is 16.7. The highest BCUT2D eigenvalue weighted by Gasteiger charge is 2.17. The second kappa shape index (κ2) is 7.62. The topological polar surface area (TPSA) is 51.1 Å². The number of amides is 1. The van der Waals surface area contributed by atoms with Gasteiger partial charge in [-0.15, -0.1) is 0 Å². The van der Waals surface area contributed by atoms with Gasteiger partial charge in [-0.05, 0) is 24.1 Å². The molecule has 0 aliphatic rings. The van der Waals surface area contributed by atoms with Gasteiger partial charge in [0.2, 0.25) is 5.91 Å². The highest BCUT2D eigenvalue weighted by molar-refractivity contribution is 5.76. The molecular formula is C21H20N2O2. The van der Waals surface area contributed by atoms with E-state index in [0.29, 0.717) is 0 Å². The van der Waals surface area contributed by atoms with Crippen LogP contribution in [0.3, 0.4) is 0 Å². The van der Waals surface area contributed by atoms with Gasteiger partial charge in [0.05, 0.1) is 6.04 Å². The summed E-state index contributed by atoms with van der Waals surface area (Å²) in [4.78, 5) is 24.3. The lowest BCUT2D eigenvalue weighted by molar-refractivity contribution is -0.122. The molecule has 4 heteroatoms. The number of nitrogens with zero attached hydrogens (tertiary/aromatic N) is 1. The molecule has 1 heterocycles. The highest BCUT2D eigenvalue weighted by Crippen LogP contribution is 2.22. The summed E-state index contributed by atoms with van der Waals surface area (Å²) in [5.41, 5.74) is 2.98. The maximum absolute atomic E-state index is 12.5. The molecule has 0 unspecified atom stereocenters. The van der Waals surface area contributed by atoms with Gasteiger partial charge in [0, 0.05) is 12.3 Å². The van der Waals surface area contributed by atoms with Crippen LogP contribution in [0.15, 0.2) is 83.8 Å². The molecule has 1 aromatic heterocycles. The van der Waals surface area contributed by atoms with Crippen molar-refractivity contribution in [2.24, 2.45) is 0 Å². The molecule has 0 radical (unpaired) electrons. The minimum Gasteiger partial charge on any atom is -0.344 e. The van der Waals surface area contributed by atoms with Gasteiger partial charge in [0.15, 0.2) is 0 Å². The van der Waals surface area contributed by atoms with E-state index < -0.39 is 0 Å². The smallest absolute Gasteiger partial charge is 0.250 e. The molecular weight excluding hydrogens is 312 g/mol. The number of carbonyl (C=O) groups is 1. The molecule has 0 bridgehead atoms. The number of nitrogens with one attached hydrogen (secondary N) is 1. The van der Waals surface area contributed by atoms with Gasteiger partial charge in [0.25, 0.3) is 5.56 Å². The Kier molecular flexibility index (Phi) is 5.09. The molecule has 0 spiro atoms. The van der Waals surface area contributed by atoms with Crippen molar-refractivity contribution in [1.29, 1.82) is 0 Å². The second-order valence-electron chi connectivity index (χ2n) is 5.99. The monoisotopic (exact) mass is 332 g/mol. The van der Waals surface area contributed by atoms with Crippen LogP contribution in [-0.4, -0.2) is 10.5 Å². The predicted molar refractivity (Wildman–Crippen MR) is 98.3 cm³/mol. The summed E-state index contributed by atoms with van der Waals surface area (Å²) in [6.07, 6.45) is 1.62. The maximum atomic E-state index is 12.5. The zero-order valence-electron chi connectivity index (χ0n) is 14.1. The molecule has 1 amide bonds. The largest absolute Gasteiger partial charge is 0.344 e. The van der Waals surface area contributed by atoms with E-state index in [-0.39, 0.29) is 24.1 Å². The van der Waals surface area contributed by atoms with Crippen molar-refractivity contribution in [2.45, 2.75) is 19.5 Å². The average Bonchev–Trinajstić information content (AvgIpc) is 2.63. The van der Waals surface area contributed by atoms with Crippen LogP contribution >= 0.6 is 0 Å². The number of pyridine rings is 1. The Morgan fingerprint density at radius 1 is 0.920 bits per heavy atom. The molecule has 3 rings (SSSR count). The van der Waals surface area contributed by atoms with Crippen LogP contribution in [0, 0.1) is 6.92 Å². The van der Waals surface area contributed by atoms with Gasteiger partial charge >= 0.3 is 0 Å². The van der Waals surface area contributed by atoms with Crippen LogP contribution in [0.5, 0.6) is 0 Å². The first-order valence-corrected chi connectivity index (χ1v) is 8.20. The van der Waals surface area contributed by atoms with Crippen molar-refractivity contribution in [1.82, 2.24) is 9.88 Å². The second-order valence-corrected chi connectivity index (χ2v) is 5.99.